The fraction of sp³-hybridized carbons (Fsp3) is 0.483. The van der Waals surface area contributed by atoms with Gasteiger partial charge in [-0.1, -0.05) is 18.2 Å². The first-order chi connectivity index (χ1) is 18.4. The molecule has 2 aromatic rings. The van der Waals surface area contributed by atoms with Crippen molar-refractivity contribution in [2.24, 2.45) is 5.92 Å². The van der Waals surface area contributed by atoms with Crippen LogP contribution in [0.5, 0.6) is 0 Å². The van der Waals surface area contributed by atoms with E-state index >= 15 is 0 Å². The van der Waals surface area contributed by atoms with Crippen LogP contribution in [0.15, 0.2) is 42.5 Å². The first-order valence-electron chi connectivity index (χ1n) is 13.3. The summed E-state index contributed by atoms with van der Waals surface area (Å²) in [5.41, 5.74) is 6.40. The zero-order chi connectivity index (χ0) is 28.5. The highest BCUT2D eigenvalue weighted by atomic mass is 19.1. The summed E-state index contributed by atoms with van der Waals surface area (Å²) in [6.07, 6.45) is 0.549. The molecule has 39 heavy (non-hydrogen) atoms. The summed E-state index contributed by atoms with van der Waals surface area (Å²) < 4.78 is 13.9. The number of aliphatic hydroxyl groups excluding tert-OH is 1. The Balaban J connectivity index is 1.46. The van der Waals surface area contributed by atoms with Gasteiger partial charge < -0.3 is 20.4 Å². The molecule has 2 fully saturated rings. The normalized spacial score (nSPS) is 24.3. The molecule has 2 aliphatic heterocycles. The average Bonchev–Trinajstić information content (AvgIpc) is 3.34. The predicted octanol–water partition coefficient (Wildman–Crippen LogP) is 2.43. The van der Waals surface area contributed by atoms with Gasteiger partial charge in [-0.05, 0) is 87.9 Å². The van der Waals surface area contributed by atoms with Crippen LogP contribution in [0.3, 0.4) is 0 Å². The van der Waals surface area contributed by atoms with Crippen molar-refractivity contribution in [1.29, 1.82) is 0 Å². The first-order valence-corrected chi connectivity index (χ1v) is 13.3. The molecular weight excluding hydrogens is 503 g/mol. The molecule has 4 rings (SSSR count). The van der Waals surface area contributed by atoms with Crippen molar-refractivity contribution in [3.05, 3.63) is 70.5 Å². The molecule has 0 aromatic heterocycles. The molecule has 0 spiro atoms. The van der Waals surface area contributed by atoms with Gasteiger partial charge in [-0.2, -0.15) is 0 Å². The summed E-state index contributed by atoms with van der Waals surface area (Å²) in [7, 11) is 0. The largest absolute Gasteiger partial charge is 0.388 e. The molecule has 2 aromatic carbocycles. The third-order valence-electron chi connectivity index (χ3n) is 7.74. The van der Waals surface area contributed by atoms with Crippen LogP contribution >= 0.6 is 0 Å². The number of hydrogen-bond donors (Lipinski definition) is 5. The van der Waals surface area contributed by atoms with Crippen LogP contribution in [-0.2, 0) is 9.59 Å². The molecular formula is C29H37FN4O5. The lowest BCUT2D eigenvalue weighted by molar-refractivity contribution is -0.138. The van der Waals surface area contributed by atoms with Crippen molar-refractivity contribution in [2.45, 2.75) is 76.8 Å². The van der Waals surface area contributed by atoms with Crippen LogP contribution in [0.1, 0.15) is 79.2 Å². The number of benzene rings is 2. The molecule has 10 heteroatoms. The Morgan fingerprint density at radius 3 is 2.62 bits per heavy atom. The number of nitrogens with zero attached hydrogens (tertiary/aromatic N) is 1. The van der Waals surface area contributed by atoms with E-state index in [2.05, 4.69) is 16.2 Å². The Hall–Kier alpha value is -3.34. The van der Waals surface area contributed by atoms with E-state index in [0.29, 0.717) is 41.5 Å². The summed E-state index contributed by atoms with van der Waals surface area (Å²) in [6.45, 7) is 6.64. The maximum absolute atomic E-state index is 13.9. The molecule has 2 heterocycles. The first kappa shape index (κ1) is 28.7. The quantitative estimate of drug-likeness (QED) is 0.367. The van der Waals surface area contributed by atoms with Crippen LogP contribution in [0, 0.1) is 18.7 Å². The number of likely N-dealkylation sites (tertiary alicyclic amines) is 1. The van der Waals surface area contributed by atoms with Gasteiger partial charge in [0.25, 0.3) is 5.91 Å². The summed E-state index contributed by atoms with van der Waals surface area (Å²) in [5.74, 6) is -2.16. The van der Waals surface area contributed by atoms with E-state index in [0.717, 1.165) is 0 Å². The number of hydrazine groups is 1. The Labute approximate surface area is 227 Å². The average molecular weight is 541 g/mol. The maximum atomic E-state index is 13.9. The second kappa shape index (κ2) is 11.4. The summed E-state index contributed by atoms with van der Waals surface area (Å²) in [5, 5.41) is 24.3. The van der Waals surface area contributed by atoms with E-state index in [9.17, 15) is 29.0 Å². The van der Waals surface area contributed by atoms with Gasteiger partial charge in [0.2, 0.25) is 11.8 Å². The smallest absolute Gasteiger partial charge is 0.251 e. The fourth-order valence-corrected chi connectivity index (χ4v) is 5.71. The zero-order valence-electron chi connectivity index (χ0n) is 22.7. The van der Waals surface area contributed by atoms with Gasteiger partial charge in [0.15, 0.2) is 0 Å². The van der Waals surface area contributed by atoms with Crippen molar-refractivity contribution in [2.75, 3.05) is 6.54 Å². The van der Waals surface area contributed by atoms with Gasteiger partial charge in [-0.25, -0.2) is 9.82 Å². The maximum Gasteiger partial charge on any atom is 0.251 e. The monoisotopic (exact) mass is 540 g/mol. The highest BCUT2D eigenvalue weighted by Gasteiger charge is 2.44. The fourth-order valence-electron chi connectivity index (χ4n) is 5.71. The number of nitrogens with one attached hydrogen (secondary N) is 3. The molecule has 210 valence electrons. The molecule has 3 unspecified atom stereocenters. The molecule has 0 saturated carbocycles. The van der Waals surface area contributed by atoms with Gasteiger partial charge in [0.1, 0.15) is 5.82 Å². The van der Waals surface area contributed by atoms with Crippen molar-refractivity contribution >= 4 is 17.7 Å². The SMILES string of the molecule is Cc1cc(C(=O)NCC(=O)N2[C@H](c3cccc(F)c3)CC[C@@H]2C(C)(C)O)ccc1C(O)C1CC(C)NNC1=O. The van der Waals surface area contributed by atoms with Gasteiger partial charge in [0.05, 0.1) is 36.3 Å². The van der Waals surface area contributed by atoms with Crippen LogP contribution in [0.2, 0.25) is 0 Å². The van der Waals surface area contributed by atoms with Crippen LogP contribution in [0.25, 0.3) is 0 Å². The third kappa shape index (κ3) is 6.29. The molecule has 3 amide bonds. The number of rotatable bonds is 7. The van der Waals surface area contributed by atoms with E-state index < -0.39 is 41.4 Å². The second-order valence-electron chi connectivity index (χ2n) is 11.2. The summed E-state index contributed by atoms with van der Waals surface area (Å²) in [6, 6.07) is 9.98. The standard InChI is InChI=1S/C29H37FN4O5/c1-16-12-19(8-9-21(16)26(36)22-13-17(2)32-33-28(22)38)27(37)31-15-25(35)34-23(10-11-24(34)29(3,4)39)18-6-5-7-20(30)14-18/h5-9,12,14,17,22-24,26,32,36,39H,10-11,13,15H2,1-4H3,(H,31,37)(H,33,38)/t17?,22?,23-,24+,26?/m0/s1. The number of amides is 3. The number of aliphatic hydroxyl groups is 2. The molecule has 9 nitrogen and oxygen atoms in total. The van der Waals surface area contributed by atoms with Gasteiger partial charge in [-0.3, -0.25) is 19.8 Å². The summed E-state index contributed by atoms with van der Waals surface area (Å²) in [4.78, 5) is 40.1. The lowest BCUT2D eigenvalue weighted by atomic mass is 9.86. The number of carbonyl (C=O) groups is 3. The molecule has 2 saturated heterocycles. The number of halogens is 1. The van der Waals surface area contributed by atoms with Crippen molar-refractivity contribution in [1.82, 2.24) is 21.1 Å². The van der Waals surface area contributed by atoms with E-state index in [1.165, 1.54) is 12.1 Å². The van der Waals surface area contributed by atoms with Gasteiger partial charge in [0, 0.05) is 11.6 Å². The van der Waals surface area contributed by atoms with E-state index in [1.54, 1.807) is 56.0 Å². The third-order valence-corrected chi connectivity index (χ3v) is 7.74. The van der Waals surface area contributed by atoms with Crippen LogP contribution in [0.4, 0.5) is 4.39 Å². The minimum atomic E-state index is -1.18. The zero-order valence-corrected chi connectivity index (χ0v) is 22.7. The Morgan fingerprint density at radius 1 is 1.21 bits per heavy atom. The van der Waals surface area contributed by atoms with Crippen molar-refractivity contribution in [3.63, 3.8) is 0 Å². The lowest BCUT2D eigenvalue weighted by Crippen LogP contribution is -2.53. The lowest BCUT2D eigenvalue weighted by Gasteiger charge is -2.37. The van der Waals surface area contributed by atoms with Crippen molar-refractivity contribution < 1.29 is 29.0 Å². The van der Waals surface area contributed by atoms with Crippen LogP contribution < -0.4 is 16.2 Å². The molecule has 0 radical (unpaired) electrons. The topological polar surface area (TPSA) is 131 Å². The Morgan fingerprint density at radius 2 is 1.95 bits per heavy atom. The Bertz CT molecular complexity index is 1250. The number of carbonyl (C=O) groups excluding carboxylic acids is 3. The van der Waals surface area contributed by atoms with Crippen molar-refractivity contribution in [3.8, 4) is 0 Å². The minimum Gasteiger partial charge on any atom is -0.388 e. The Kier molecular flexibility index (Phi) is 8.39. The van der Waals surface area contributed by atoms with Gasteiger partial charge in [-0.15, -0.1) is 0 Å². The highest BCUT2D eigenvalue weighted by molar-refractivity contribution is 5.96. The molecule has 5 N–H and O–H groups in total. The summed E-state index contributed by atoms with van der Waals surface area (Å²) >= 11 is 0. The molecule has 0 aliphatic carbocycles. The van der Waals surface area contributed by atoms with Gasteiger partial charge >= 0.3 is 0 Å². The van der Waals surface area contributed by atoms with E-state index in [-0.39, 0.29) is 24.4 Å². The molecule has 0 bridgehead atoms. The van der Waals surface area contributed by atoms with E-state index in [1.807, 2.05) is 6.92 Å². The number of aryl methyl sites for hydroxylation is 1. The second-order valence-corrected chi connectivity index (χ2v) is 11.2. The highest BCUT2D eigenvalue weighted by Crippen LogP contribution is 2.40. The van der Waals surface area contributed by atoms with Crippen LogP contribution in [-0.4, -0.2) is 57.1 Å². The minimum absolute atomic E-state index is 0.0115. The van der Waals surface area contributed by atoms with E-state index in [4.69, 9.17) is 0 Å². The predicted molar refractivity (Wildman–Crippen MR) is 143 cm³/mol. The molecule has 2 aliphatic rings. The molecule has 5 atom stereocenters. The number of hydrogen-bond acceptors (Lipinski definition) is 6.